The average molecular weight is 212 g/mol. The summed E-state index contributed by atoms with van der Waals surface area (Å²) in [6, 6.07) is 0. The number of rotatable bonds is 8. The standard InChI is InChI=1S/C13H24O2/c1-2-3-4-5-6-7-8-9-10-13-14-11-12-15-13/h9-10,13H,2-8,11-12H2,1H3/b10-9+. The smallest absolute Gasteiger partial charge is 0.177 e. The maximum absolute atomic E-state index is 5.30. The van der Waals surface area contributed by atoms with Crippen molar-refractivity contribution < 1.29 is 9.47 Å². The van der Waals surface area contributed by atoms with Crippen molar-refractivity contribution in [3.8, 4) is 0 Å². The summed E-state index contributed by atoms with van der Waals surface area (Å²) in [5.41, 5.74) is 0. The van der Waals surface area contributed by atoms with Crippen LogP contribution in [0, 0.1) is 0 Å². The van der Waals surface area contributed by atoms with Gasteiger partial charge in [-0.1, -0.05) is 45.1 Å². The molecule has 0 unspecified atom stereocenters. The van der Waals surface area contributed by atoms with E-state index in [9.17, 15) is 0 Å². The van der Waals surface area contributed by atoms with Gasteiger partial charge in [-0.3, -0.25) is 0 Å². The summed E-state index contributed by atoms with van der Waals surface area (Å²) in [7, 11) is 0. The highest BCUT2D eigenvalue weighted by Crippen LogP contribution is 2.09. The summed E-state index contributed by atoms with van der Waals surface area (Å²) in [4.78, 5) is 0. The Morgan fingerprint density at radius 1 is 1.00 bits per heavy atom. The second-order valence-electron chi connectivity index (χ2n) is 4.09. The molecule has 15 heavy (non-hydrogen) atoms. The molecule has 0 N–H and O–H groups in total. The van der Waals surface area contributed by atoms with E-state index in [4.69, 9.17) is 9.47 Å². The van der Waals surface area contributed by atoms with Crippen LogP contribution in [0.1, 0.15) is 51.9 Å². The molecular formula is C13H24O2. The Morgan fingerprint density at radius 3 is 2.40 bits per heavy atom. The molecule has 1 heterocycles. The minimum Gasteiger partial charge on any atom is -0.347 e. The lowest BCUT2D eigenvalue weighted by atomic mass is 10.1. The molecule has 0 aromatic carbocycles. The molecule has 2 nitrogen and oxygen atoms in total. The molecule has 0 amide bonds. The van der Waals surface area contributed by atoms with E-state index in [-0.39, 0.29) is 6.29 Å². The molecule has 0 aliphatic carbocycles. The largest absolute Gasteiger partial charge is 0.347 e. The summed E-state index contributed by atoms with van der Waals surface area (Å²) in [5, 5.41) is 0. The summed E-state index contributed by atoms with van der Waals surface area (Å²) in [6.45, 7) is 3.74. The first kappa shape index (κ1) is 12.7. The summed E-state index contributed by atoms with van der Waals surface area (Å²) in [6.07, 6.45) is 13.5. The molecule has 0 saturated carbocycles. The van der Waals surface area contributed by atoms with Gasteiger partial charge in [-0.25, -0.2) is 0 Å². The number of hydrogen-bond acceptors (Lipinski definition) is 2. The summed E-state index contributed by atoms with van der Waals surface area (Å²) < 4.78 is 10.6. The van der Waals surface area contributed by atoms with Crippen LogP contribution >= 0.6 is 0 Å². The van der Waals surface area contributed by atoms with Crippen molar-refractivity contribution in [3.63, 3.8) is 0 Å². The van der Waals surface area contributed by atoms with Gasteiger partial charge >= 0.3 is 0 Å². The van der Waals surface area contributed by atoms with Gasteiger partial charge < -0.3 is 9.47 Å². The van der Waals surface area contributed by atoms with Gasteiger partial charge in [0.25, 0.3) is 0 Å². The number of ether oxygens (including phenoxy) is 2. The predicted octanol–water partition coefficient (Wildman–Crippen LogP) is 3.67. The van der Waals surface area contributed by atoms with Crippen molar-refractivity contribution in [2.24, 2.45) is 0 Å². The molecule has 0 spiro atoms. The van der Waals surface area contributed by atoms with Crippen LogP contribution in [0.5, 0.6) is 0 Å². The molecule has 0 bridgehead atoms. The number of allylic oxidation sites excluding steroid dienone is 1. The first-order valence-corrected chi connectivity index (χ1v) is 6.33. The van der Waals surface area contributed by atoms with Gasteiger partial charge in [-0.2, -0.15) is 0 Å². The Balaban J connectivity index is 1.83. The molecule has 1 aliphatic heterocycles. The fourth-order valence-electron chi connectivity index (χ4n) is 1.74. The minimum absolute atomic E-state index is 0.0647. The molecule has 0 aromatic heterocycles. The summed E-state index contributed by atoms with van der Waals surface area (Å²) in [5.74, 6) is 0. The molecule has 1 saturated heterocycles. The second-order valence-corrected chi connectivity index (χ2v) is 4.09. The lowest BCUT2D eigenvalue weighted by Crippen LogP contribution is -2.01. The molecular weight excluding hydrogens is 188 g/mol. The van der Waals surface area contributed by atoms with E-state index >= 15 is 0 Å². The van der Waals surface area contributed by atoms with E-state index in [1.165, 1.54) is 38.5 Å². The van der Waals surface area contributed by atoms with E-state index in [1.54, 1.807) is 0 Å². The van der Waals surface area contributed by atoms with Gasteiger partial charge in [0.15, 0.2) is 6.29 Å². The topological polar surface area (TPSA) is 18.5 Å². The predicted molar refractivity (Wildman–Crippen MR) is 62.8 cm³/mol. The van der Waals surface area contributed by atoms with E-state index in [1.807, 2.05) is 6.08 Å². The highest BCUT2D eigenvalue weighted by atomic mass is 16.7. The SMILES string of the molecule is CCCCCCCC/C=C/C1OCCO1. The first-order valence-electron chi connectivity index (χ1n) is 6.33. The van der Waals surface area contributed by atoms with Crippen molar-refractivity contribution >= 4 is 0 Å². The molecule has 0 aromatic rings. The number of unbranched alkanes of at least 4 members (excludes halogenated alkanes) is 6. The van der Waals surface area contributed by atoms with Gasteiger partial charge in [-0.15, -0.1) is 0 Å². The second kappa shape index (κ2) is 8.93. The van der Waals surface area contributed by atoms with Crippen molar-refractivity contribution in [3.05, 3.63) is 12.2 Å². The van der Waals surface area contributed by atoms with E-state index in [2.05, 4.69) is 13.0 Å². The molecule has 2 heteroatoms. The molecule has 88 valence electrons. The van der Waals surface area contributed by atoms with Crippen molar-refractivity contribution in [1.29, 1.82) is 0 Å². The van der Waals surface area contributed by atoms with E-state index in [0.29, 0.717) is 0 Å². The van der Waals surface area contributed by atoms with Crippen LogP contribution in [-0.4, -0.2) is 19.5 Å². The zero-order valence-corrected chi connectivity index (χ0v) is 9.91. The Bertz CT molecular complexity index is 160. The highest BCUT2D eigenvalue weighted by Gasteiger charge is 2.10. The summed E-state index contributed by atoms with van der Waals surface area (Å²) >= 11 is 0. The molecule has 1 fully saturated rings. The van der Waals surface area contributed by atoms with Crippen LogP contribution in [0.3, 0.4) is 0 Å². The Hall–Kier alpha value is -0.340. The molecule has 0 radical (unpaired) electrons. The third kappa shape index (κ3) is 6.69. The fraction of sp³-hybridized carbons (Fsp3) is 0.846. The molecule has 1 rings (SSSR count). The maximum atomic E-state index is 5.30. The Morgan fingerprint density at radius 2 is 1.67 bits per heavy atom. The van der Waals surface area contributed by atoms with Crippen molar-refractivity contribution in [1.82, 2.24) is 0 Å². The van der Waals surface area contributed by atoms with E-state index in [0.717, 1.165) is 19.6 Å². The van der Waals surface area contributed by atoms with Crippen LogP contribution in [0.25, 0.3) is 0 Å². The van der Waals surface area contributed by atoms with Gasteiger partial charge in [0.1, 0.15) is 0 Å². The molecule has 1 aliphatic rings. The third-order valence-electron chi connectivity index (χ3n) is 2.67. The van der Waals surface area contributed by atoms with Crippen LogP contribution in [0.2, 0.25) is 0 Å². The van der Waals surface area contributed by atoms with Gasteiger partial charge in [0.2, 0.25) is 0 Å². The van der Waals surface area contributed by atoms with Gasteiger partial charge in [0, 0.05) is 0 Å². The van der Waals surface area contributed by atoms with Crippen LogP contribution in [0.15, 0.2) is 12.2 Å². The zero-order valence-electron chi connectivity index (χ0n) is 9.91. The first-order chi connectivity index (χ1) is 7.43. The van der Waals surface area contributed by atoms with Gasteiger partial charge in [0.05, 0.1) is 13.2 Å². The van der Waals surface area contributed by atoms with Crippen LogP contribution in [0.4, 0.5) is 0 Å². The third-order valence-corrected chi connectivity index (χ3v) is 2.67. The van der Waals surface area contributed by atoms with Crippen molar-refractivity contribution in [2.75, 3.05) is 13.2 Å². The molecule has 0 atom stereocenters. The Kier molecular flexibility index (Phi) is 7.58. The quantitative estimate of drug-likeness (QED) is 0.451. The lowest BCUT2D eigenvalue weighted by Gasteiger charge is -2.01. The lowest BCUT2D eigenvalue weighted by molar-refractivity contribution is -0.00173. The number of hydrogen-bond donors (Lipinski definition) is 0. The maximum Gasteiger partial charge on any atom is 0.177 e. The van der Waals surface area contributed by atoms with Crippen LogP contribution < -0.4 is 0 Å². The van der Waals surface area contributed by atoms with Crippen molar-refractivity contribution in [2.45, 2.75) is 58.2 Å². The fourth-order valence-corrected chi connectivity index (χ4v) is 1.74. The van der Waals surface area contributed by atoms with Gasteiger partial charge in [-0.05, 0) is 18.9 Å². The van der Waals surface area contributed by atoms with Crippen LogP contribution in [-0.2, 0) is 9.47 Å². The minimum atomic E-state index is -0.0647. The average Bonchev–Trinajstić information content (AvgIpc) is 2.75. The Labute approximate surface area is 93.7 Å². The zero-order chi connectivity index (χ0) is 10.8. The normalized spacial score (nSPS) is 17.9. The monoisotopic (exact) mass is 212 g/mol. The highest BCUT2D eigenvalue weighted by molar-refractivity contribution is 4.86. The van der Waals surface area contributed by atoms with E-state index < -0.39 is 0 Å².